The molecule has 0 atom stereocenters. The Morgan fingerprint density at radius 3 is 2.78 bits per heavy atom. The lowest BCUT2D eigenvalue weighted by Gasteiger charge is -2.04. The molecule has 18 heavy (non-hydrogen) atoms. The first-order valence-electron chi connectivity index (χ1n) is 5.26. The van der Waals surface area contributed by atoms with Crippen LogP contribution in [0.15, 0.2) is 12.4 Å². The monoisotopic (exact) mass is 255 g/mol. The van der Waals surface area contributed by atoms with Gasteiger partial charge in [0.05, 0.1) is 6.42 Å². The van der Waals surface area contributed by atoms with Crippen molar-refractivity contribution in [2.45, 2.75) is 25.7 Å². The van der Waals surface area contributed by atoms with E-state index >= 15 is 0 Å². The fourth-order valence-electron chi connectivity index (χ4n) is 1.13. The Bertz CT molecular complexity index is 415. The first-order valence-corrected chi connectivity index (χ1v) is 5.26. The van der Waals surface area contributed by atoms with Crippen LogP contribution in [0.2, 0.25) is 0 Å². The van der Waals surface area contributed by atoms with E-state index in [1.54, 1.807) is 6.20 Å². The molecule has 0 spiro atoms. The number of nitrogens with one attached hydrogen (secondary N) is 2. The molecule has 0 unspecified atom stereocenters. The number of amides is 1. The topological polar surface area (TPSA) is 121 Å². The molecule has 1 amide bonds. The molecule has 0 aliphatic heterocycles. The van der Waals surface area contributed by atoms with E-state index in [-0.39, 0.29) is 25.7 Å². The minimum atomic E-state index is -0.982. The van der Waals surface area contributed by atoms with Crippen molar-refractivity contribution in [3.05, 3.63) is 18.2 Å². The Kier molecular flexibility index (Phi) is 5.36. The van der Waals surface area contributed by atoms with Crippen molar-refractivity contribution in [1.82, 2.24) is 15.4 Å². The van der Waals surface area contributed by atoms with Crippen LogP contribution in [0, 0.1) is 0 Å². The van der Waals surface area contributed by atoms with Gasteiger partial charge in [-0.2, -0.15) is 5.48 Å². The predicted molar refractivity (Wildman–Crippen MR) is 58.0 cm³/mol. The number of carboxylic acids is 1. The lowest BCUT2D eigenvalue weighted by atomic mass is 10.2. The Morgan fingerprint density at radius 1 is 1.39 bits per heavy atom. The number of hydroxylamine groups is 1. The molecule has 0 aliphatic carbocycles. The Morgan fingerprint density at radius 2 is 2.17 bits per heavy atom. The van der Waals surface area contributed by atoms with Gasteiger partial charge in [0.25, 0.3) is 5.91 Å². The van der Waals surface area contributed by atoms with Crippen molar-refractivity contribution < 1.29 is 24.3 Å². The standard InChI is InChI=1S/C10H13N3O5/c14-8(6-7-11-4-5-12-7)13-18-10(17)3-1-2-9(15)16/h4-5H,1-3,6H2,(H,11,12)(H,13,14)(H,15,16). The summed E-state index contributed by atoms with van der Waals surface area (Å²) in [7, 11) is 0. The minimum Gasteiger partial charge on any atom is -0.481 e. The van der Waals surface area contributed by atoms with Crippen LogP contribution in [0.1, 0.15) is 25.1 Å². The minimum absolute atomic E-state index is 0.0323. The molecule has 0 saturated heterocycles. The molecule has 0 aromatic carbocycles. The highest BCUT2D eigenvalue weighted by atomic mass is 16.7. The maximum absolute atomic E-state index is 11.3. The molecule has 1 rings (SSSR count). The second-order valence-electron chi connectivity index (χ2n) is 3.46. The first kappa shape index (κ1) is 13.7. The van der Waals surface area contributed by atoms with E-state index in [1.807, 2.05) is 5.48 Å². The van der Waals surface area contributed by atoms with Gasteiger partial charge in [-0.3, -0.25) is 9.59 Å². The lowest BCUT2D eigenvalue weighted by molar-refractivity contribution is -0.158. The van der Waals surface area contributed by atoms with Gasteiger partial charge in [0.2, 0.25) is 0 Å². The van der Waals surface area contributed by atoms with Crippen molar-refractivity contribution in [3.63, 3.8) is 0 Å². The molecule has 0 aliphatic rings. The van der Waals surface area contributed by atoms with Crippen molar-refractivity contribution in [1.29, 1.82) is 0 Å². The summed E-state index contributed by atoms with van der Waals surface area (Å²) in [6, 6.07) is 0. The number of hydrogen-bond donors (Lipinski definition) is 3. The van der Waals surface area contributed by atoms with Crippen molar-refractivity contribution in [2.24, 2.45) is 0 Å². The number of carbonyl (C=O) groups is 3. The van der Waals surface area contributed by atoms with Gasteiger partial charge in [0, 0.05) is 25.2 Å². The van der Waals surface area contributed by atoms with Gasteiger partial charge in [-0.25, -0.2) is 9.78 Å². The van der Waals surface area contributed by atoms with E-state index in [2.05, 4.69) is 14.8 Å². The zero-order chi connectivity index (χ0) is 13.4. The Labute approximate surface area is 102 Å². The normalized spacial score (nSPS) is 9.78. The molecule has 8 nitrogen and oxygen atoms in total. The van der Waals surface area contributed by atoms with Crippen molar-refractivity contribution >= 4 is 17.8 Å². The fraction of sp³-hybridized carbons (Fsp3) is 0.400. The maximum Gasteiger partial charge on any atom is 0.332 e. The summed E-state index contributed by atoms with van der Waals surface area (Å²) >= 11 is 0. The van der Waals surface area contributed by atoms with E-state index in [9.17, 15) is 14.4 Å². The number of H-pyrrole nitrogens is 1. The van der Waals surface area contributed by atoms with Gasteiger partial charge < -0.3 is 14.9 Å². The molecular formula is C10H13N3O5. The zero-order valence-corrected chi connectivity index (χ0v) is 9.51. The third-order valence-corrected chi connectivity index (χ3v) is 1.93. The van der Waals surface area contributed by atoms with Gasteiger partial charge in [-0.15, -0.1) is 0 Å². The number of carbonyl (C=O) groups excluding carboxylic acids is 2. The summed E-state index contributed by atoms with van der Waals surface area (Å²) in [5.74, 6) is -1.72. The van der Waals surface area contributed by atoms with Crippen LogP contribution in [0.5, 0.6) is 0 Å². The Hall–Kier alpha value is -2.38. The van der Waals surface area contributed by atoms with Gasteiger partial charge in [-0.05, 0) is 6.42 Å². The van der Waals surface area contributed by atoms with Gasteiger partial charge in [-0.1, -0.05) is 0 Å². The summed E-state index contributed by atoms with van der Waals surface area (Å²) in [5, 5.41) is 8.36. The molecule has 0 bridgehead atoms. The average Bonchev–Trinajstić information content (AvgIpc) is 2.78. The molecule has 98 valence electrons. The SMILES string of the molecule is O=C(O)CCCC(=O)ONC(=O)Cc1ncc[nH]1. The number of imidazole rings is 1. The molecular weight excluding hydrogens is 242 g/mol. The molecule has 8 heteroatoms. The number of hydrogen-bond acceptors (Lipinski definition) is 5. The number of nitrogens with zero attached hydrogens (tertiary/aromatic N) is 1. The molecule has 1 aromatic rings. The highest BCUT2D eigenvalue weighted by Crippen LogP contribution is 1.97. The number of carboxylic acid groups (broad SMARTS) is 1. The van der Waals surface area contributed by atoms with E-state index in [1.165, 1.54) is 6.20 Å². The molecule has 0 saturated carbocycles. The van der Waals surface area contributed by atoms with Crippen molar-refractivity contribution in [2.75, 3.05) is 0 Å². The second kappa shape index (κ2) is 7.05. The average molecular weight is 255 g/mol. The summed E-state index contributed by atoms with van der Waals surface area (Å²) in [4.78, 5) is 43.5. The van der Waals surface area contributed by atoms with Crippen LogP contribution >= 0.6 is 0 Å². The fourth-order valence-corrected chi connectivity index (χ4v) is 1.13. The third-order valence-electron chi connectivity index (χ3n) is 1.93. The highest BCUT2D eigenvalue weighted by Gasteiger charge is 2.09. The maximum atomic E-state index is 11.3. The Balaban J connectivity index is 2.14. The third kappa shape index (κ3) is 5.64. The second-order valence-corrected chi connectivity index (χ2v) is 3.46. The van der Waals surface area contributed by atoms with Crippen LogP contribution in [0.25, 0.3) is 0 Å². The van der Waals surface area contributed by atoms with Gasteiger partial charge in [0.1, 0.15) is 5.82 Å². The smallest absolute Gasteiger partial charge is 0.332 e. The molecule has 1 heterocycles. The van der Waals surface area contributed by atoms with E-state index in [0.29, 0.717) is 5.82 Å². The summed E-state index contributed by atoms with van der Waals surface area (Å²) in [6.45, 7) is 0. The van der Waals surface area contributed by atoms with E-state index < -0.39 is 17.8 Å². The molecule has 3 N–H and O–H groups in total. The predicted octanol–water partition coefficient (Wildman–Crippen LogP) is -0.219. The molecule has 1 aromatic heterocycles. The van der Waals surface area contributed by atoms with Gasteiger partial charge in [0.15, 0.2) is 0 Å². The van der Waals surface area contributed by atoms with Crippen LogP contribution in [-0.4, -0.2) is 32.9 Å². The van der Waals surface area contributed by atoms with Crippen LogP contribution in [-0.2, 0) is 25.6 Å². The van der Waals surface area contributed by atoms with E-state index in [4.69, 9.17) is 5.11 Å². The summed E-state index contributed by atoms with van der Waals surface area (Å²) in [5.41, 5.74) is 1.96. The number of rotatable bonds is 6. The zero-order valence-electron chi connectivity index (χ0n) is 9.51. The summed E-state index contributed by atoms with van der Waals surface area (Å²) in [6.07, 6.45) is 3.03. The number of aromatic amines is 1. The first-order chi connectivity index (χ1) is 8.58. The van der Waals surface area contributed by atoms with Crippen molar-refractivity contribution in [3.8, 4) is 0 Å². The van der Waals surface area contributed by atoms with Crippen LogP contribution in [0.4, 0.5) is 0 Å². The van der Waals surface area contributed by atoms with Crippen LogP contribution in [0.3, 0.4) is 0 Å². The number of aromatic nitrogens is 2. The van der Waals surface area contributed by atoms with E-state index in [0.717, 1.165) is 0 Å². The van der Waals surface area contributed by atoms with Gasteiger partial charge >= 0.3 is 11.9 Å². The van der Waals surface area contributed by atoms with Crippen LogP contribution < -0.4 is 5.48 Å². The molecule has 0 fully saturated rings. The lowest BCUT2D eigenvalue weighted by Crippen LogP contribution is -2.28. The number of aliphatic carboxylic acids is 1. The molecule has 0 radical (unpaired) electrons. The largest absolute Gasteiger partial charge is 0.481 e. The quantitative estimate of drug-likeness (QED) is 0.604. The highest BCUT2D eigenvalue weighted by molar-refractivity contribution is 5.79. The summed E-state index contributed by atoms with van der Waals surface area (Å²) < 4.78 is 0.